The van der Waals surface area contributed by atoms with Crippen molar-refractivity contribution in [3.8, 4) is 0 Å². The SMILES string of the molecule is CO[C@@]12CC[C@@H](NC(=O)c3cnoc3C)C[C@@H]1N(Cc1ccc(C)o1)CC2. The molecule has 1 saturated heterocycles. The zero-order valence-electron chi connectivity index (χ0n) is 16.2. The van der Waals surface area contributed by atoms with Crippen molar-refractivity contribution in [2.24, 2.45) is 0 Å². The van der Waals surface area contributed by atoms with Gasteiger partial charge >= 0.3 is 0 Å². The summed E-state index contributed by atoms with van der Waals surface area (Å²) in [7, 11) is 1.81. The fraction of sp³-hybridized carbons (Fsp3) is 0.600. The van der Waals surface area contributed by atoms with Crippen molar-refractivity contribution < 1.29 is 18.5 Å². The Morgan fingerprint density at radius 1 is 1.41 bits per heavy atom. The van der Waals surface area contributed by atoms with Crippen LogP contribution in [-0.4, -0.2) is 47.3 Å². The lowest BCUT2D eigenvalue weighted by molar-refractivity contribution is -0.0684. The Morgan fingerprint density at radius 3 is 2.93 bits per heavy atom. The minimum atomic E-state index is -0.129. The fourth-order valence-corrected chi connectivity index (χ4v) is 4.66. The van der Waals surface area contributed by atoms with Crippen molar-refractivity contribution >= 4 is 5.91 Å². The molecule has 2 fully saturated rings. The number of carbonyl (C=O) groups is 1. The van der Waals surface area contributed by atoms with Crippen LogP contribution in [0.5, 0.6) is 0 Å². The van der Waals surface area contributed by atoms with Gasteiger partial charge in [0.15, 0.2) is 0 Å². The van der Waals surface area contributed by atoms with E-state index in [9.17, 15) is 4.79 Å². The van der Waals surface area contributed by atoms with Crippen molar-refractivity contribution in [1.29, 1.82) is 0 Å². The Morgan fingerprint density at radius 2 is 2.26 bits per heavy atom. The van der Waals surface area contributed by atoms with E-state index in [-0.39, 0.29) is 23.6 Å². The minimum Gasteiger partial charge on any atom is -0.465 e. The van der Waals surface area contributed by atoms with Crippen LogP contribution in [0.25, 0.3) is 0 Å². The van der Waals surface area contributed by atoms with Gasteiger partial charge in [0.05, 0.1) is 18.3 Å². The summed E-state index contributed by atoms with van der Waals surface area (Å²) in [5.41, 5.74) is 0.378. The number of amides is 1. The second kappa shape index (κ2) is 7.13. The molecule has 1 saturated carbocycles. The maximum Gasteiger partial charge on any atom is 0.256 e. The van der Waals surface area contributed by atoms with Gasteiger partial charge in [-0.15, -0.1) is 0 Å². The molecule has 27 heavy (non-hydrogen) atoms. The molecule has 2 aromatic heterocycles. The third-order valence-corrected chi connectivity index (χ3v) is 6.19. The lowest BCUT2D eigenvalue weighted by Crippen LogP contribution is -2.54. The van der Waals surface area contributed by atoms with Gasteiger partial charge in [-0.2, -0.15) is 0 Å². The first-order valence-electron chi connectivity index (χ1n) is 9.57. The fourth-order valence-electron chi connectivity index (χ4n) is 4.66. The van der Waals surface area contributed by atoms with Gasteiger partial charge < -0.3 is 19.0 Å². The molecule has 2 aromatic rings. The Bertz CT molecular complexity index is 814. The number of methoxy groups -OCH3 is 1. The normalized spacial score (nSPS) is 28.3. The van der Waals surface area contributed by atoms with Gasteiger partial charge in [0.25, 0.3) is 5.91 Å². The summed E-state index contributed by atoms with van der Waals surface area (Å²) in [5, 5.41) is 6.86. The van der Waals surface area contributed by atoms with Gasteiger partial charge in [0.1, 0.15) is 22.8 Å². The van der Waals surface area contributed by atoms with Gasteiger partial charge in [0, 0.05) is 25.7 Å². The van der Waals surface area contributed by atoms with Crippen LogP contribution in [0.4, 0.5) is 0 Å². The molecule has 146 valence electrons. The number of furan rings is 1. The molecule has 1 aliphatic carbocycles. The zero-order valence-corrected chi connectivity index (χ0v) is 16.2. The summed E-state index contributed by atoms with van der Waals surface area (Å²) < 4.78 is 16.8. The second-order valence-electron chi connectivity index (χ2n) is 7.76. The standard InChI is InChI=1S/C20H27N3O4/c1-13-4-5-16(26-13)12-23-9-8-20(25-3)7-6-15(10-18(20)23)22-19(24)17-11-21-27-14(17)2/h4-5,11,15,18H,6-10,12H2,1-3H3,(H,22,24)/t15-,18+,20-/m1/s1. The molecule has 0 bridgehead atoms. The largest absolute Gasteiger partial charge is 0.465 e. The molecular weight excluding hydrogens is 346 g/mol. The third kappa shape index (κ3) is 3.41. The van der Waals surface area contributed by atoms with E-state index in [1.165, 1.54) is 6.20 Å². The van der Waals surface area contributed by atoms with E-state index >= 15 is 0 Å². The molecular formula is C20H27N3O4. The van der Waals surface area contributed by atoms with Crippen molar-refractivity contribution in [3.05, 3.63) is 41.2 Å². The van der Waals surface area contributed by atoms with Gasteiger partial charge in [-0.25, -0.2) is 0 Å². The number of nitrogens with one attached hydrogen (secondary N) is 1. The number of hydrogen-bond acceptors (Lipinski definition) is 6. The van der Waals surface area contributed by atoms with Crippen LogP contribution in [0.15, 0.2) is 27.3 Å². The first-order chi connectivity index (χ1) is 13.0. The molecule has 0 unspecified atom stereocenters. The lowest BCUT2D eigenvalue weighted by atomic mass is 9.78. The minimum absolute atomic E-state index is 0.110. The Kier molecular flexibility index (Phi) is 4.82. The van der Waals surface area contributed by atoms with Crippen molar-refractivity contribution in [1.82, 2.24) is 15.4 Å². The molecule has 7 heteroatoms. The number of fused-ring (bicyclic) bond motifs is 1. The van der Waals surface area contributed by atoms with Crippen LogP contribution in [-0.2, 0) is 11.3 Å². The average Bonchev–Trinajstić information content (AvgIpc) is 3.35. The average molecular weight is 373 g/mol. The summed E-state index contributed by atoms with van der Waals surface area (Å²) >= 11 is 0. The van der Waals surface area contributed by atoms with Crippen molar-refractivity contribution in [3.63, 3.8) is 0 Å². The monoisotopic (exact) mass is 373 g/mol. The molecule has 0 spiro atoms. The van der Waals surface area contributed by atoms with E-state index in [0.717, 1.165) is 50.3 Å². The molecule has 0 aromatic carbocycles. The van der Waals surface area contributed by atoms with Gasteiger partial charge in [0.2, 0.25) is 0 Å². The number of likely N-dealkylation sites (tertiary alicyclic amines) is 1. The zero-order chi connectivity index (χ0) is 19.0. The van der Waals surface area contributed by atoms with Gasteiger partial charge in [-0.1, -0.05) is 5.16 Å². The highest BCUT2D eigenvalue weighted by molar-refractivity contribution is 5.94. The number of ether oxygens (including phenoxy) is 1. The Balaban J connectivity index is 1.46. The van der Waals surface area contributed by atoms with E-state index in [1.54, 1.807) is 6.92 Å². The number of aryl methyl sites for hydroxylation is 2. The van der Waals surface area contributed by atoms with E-state index in [0.29, 0.717) is 11.3 Å². The summed E-state index contributed by atoms with van der Waals surface area (Å²) in [6, 6.07) is 4.41. The van der Waals surface area contributed by atoms with Gasteiger partial charge in [-0.3, -0.25) is 9.69 Å². The molecule has 7 nitrogen and oxygen atoms in total. The van der Waals surface area contributed by atoms with Crippen LogP contribution in [0.2, 0.25) is 0 Å². The summed E-state index contributed by atoms with van der Waals surface area (Å²) in [5.74, 6) is 2.34. The summed E-state index contributed by atoms with van der Waals surface area (Å²) in [6.07, 6.45) is 5.21. The maximum atomic E-state index is 12.5. The van der Waals surface area contributed by atoms with Crippen LogP contribution in [0.1, 0.15) is 53.3 Å². The van der Waals surface area contributed by atoms with Crippen molar-refractivity contribution in [2.45, 2.75) is 63.8 Å². The van der Waals surface area contributed by atoms with Crippen LogP contribution < -0.4 is 5.32 Å². The number of carbonyl (C=O) groups excluding carboxylic acids is 1. The van der Waals surface area contributed by atoms with Gasteiger partial charge in [-0.05, 0) is 51.7 Å². The van der Waals surface area contributed by atoms with Crippen LogP contribution in [0, 0.1) is 13.8 Å². The third-order valence-electron chi connectivity index (χ3n) is 6.19. The Labute approximate surface area is 159 Å². The molecule has 3 heterocycles. The van der Waals surface area contributed by atoms with Crippen LogP contribution >= 0.6 is 0 Å². The predicted octanol–water partition coefficient (Wildman–Crippen LogP) is 2.83. The quantitative estimate of drug-likeness (QED) is 0.868. The number of nitrogens with zero attached hydrogens (tertiary/aromatic N) is 2. The smallest absolute Gasteiger partial charge is 0.256 e. The summed E-state index contributed by atoms with van der Waals surface area (Å²) in [6.45, 7) is 5.47. The van der Waals surface area contributed by atoms with Crippen molar-refractivity contribution in [2.75, 3.05) is 13.7 Å². The predicted molar refractivity (Wildman–Crippen MR) is 98.3 cm³/mol. The number of hydrogen-bond donors (Lipinski definition) is 1. The Hall–Kier alpha value is -2.12. The van der Waals surface area contributed by atoms with E-state index < -0.39 is 0 Å². The second-order valence-corrected chi connectivity index (χ2v) is 7.76. The molecule has 4 rings (SSSR count). The lowest BCUT2D eigenvalue weighted by Gasteiger charge is -2.43. The molecule has 0 radical (unpaired) electrons. The first-order valence-corrected chi connectivity index (χ1v) is 9.57. The molecule has 1 aliphatic heterocycles. The van der Waals surface area contributed by atoms with E-state index in [1.807, 2.05) is 26.2 Å². The van der Waals surface area contributed by atoms with E-state index in [2.05, 4.69) is 15.4 Å². The molecule has 1 N–H and O–H groups in total. The number of aromatic nitrogens is 1. The highest BCUT2D eigenvalue weighted by atomic mass is 16.5. The molecule has 2 aliphatic rings. The van der Waals surface area contributed by atoms with E-state index in [4.69, 9.17) is 13.7 Å². The highest BCUT2D eigenvalue weighted by Crippen LogP contribution is 2.43. The molecule has 1 amide bonds. The number of rotatable bonds is 5. The molecule has 3 atom stereocenters. The first kappa shape index (κ1) is 18.3. The summed E-state index contributed by atoms with van der Waals surface area (Å²) in [4.78, 5) is 15.0. The topological polar surface area (TPSA) is 80.7 Å². The maximum absolute atomic E-state index is 12.5. The van der Waals surface area contributed by atoms with Crippen LogP contribution in [0.3, 0.4) is 0 Å². The highest BCUT2D eigenvalue weighted by Gasteiger charge is 2.51.